The SMILES string of the molecule is C=C/C=C(\CC=NC)c1csc(Nc2ccc(CCCC)cc2C)n1. The number of aliphatic imine (C=N–C) groups is 1. The van der Waals surface area contributed by atoms with Gasteiger partial charge in [0.2, 0.25) is 0 Å². The Labute approximate surface area is 155 Å². The van der Waals surface area contributed by atoms with Crippen LogP contribution in [0.1, 0.15) is 43.0 Å². The number of rotatable bonds is 9. The normalized spacial score (nSPS) is 11.9. The third-order valence-corrected chi connectivity index (χ3v) is 4.76. The molecule has 0 bridgehead atoms. The molecule has 2 rings (SSSR count). The van der Waals surface area contributed by atoms with Gasteiger partial charge >= 0.3 is 0 Å². The van der Waals surface area contributed by atoms with Crippen LogP contribution in [0.15, 0.2) is 47.3 Å². The van der Waals surface area contributed by atoms with Gasteiger partial charge in [-0.05, 0) is 42.5 Å². The van der Waals surface area contributed by atoms with Crippen LogP contribution in [-0.2, 0) is 6.42 Å². The van der Waals surface area contributed by atoms with Crippen LogP contribution in [0.5, 0.6) is 0 Å². The summed E-state index contributed by atoms with van der Waals surface area (Å²) in [5, 5.41) is 6.43. The highest BCUT2D eigenvalue weighted by molar-refractivity contribution is 7.13. The highest BCUT2D eigenvalue weighted by Gasteiger charge is 2.08. The molecule has 4 heteroatoms. The molecule has 0 aliphatic heterocycles. The number of allylic oxidation sites excluding steroid dienone is 3. The monoisotopic (exact) mass is 353 g/mol. The largest absolute Gasteiger partial charge is 0.331 e. The third kappa shape index (κ3) is 5.68. The minimum absolute atomic E-state index is 0.761. The second-order valence-electron chi connectivity index (χ2n) is 5.99. The van der Waals surface area contributed by atoms with Gasteiger partial charge in [-0.2, -0.15) is 0 Å². The summed E-state index contributed by atoms with van der Waals surface area (Å²) in [6.45, 7) is 8.16. The zero-order valence-electron chi connectivity index (χ0n) is 15.4. The van der Waals surface area contributed by atoms with Gasteiger partial charge in [-0.15, -0.1) is 11.3 Å². The first-order chi connectivity index (χ1) is 12.2. The van der Waals surface area contributed by atoms with Gasteiger partial charge in [-0.3, -0.25) is 0 Å². The lowest BCUT2D eigenvalue weighted by Gasteiger charge is -2.09. The lowest BCUT2D eigenvalue weighted by atomic mass is 10.0. The van der Waals surface area contributed by atoms with Gasteiger partial charge in [0.05, 0.1) is 5.69 Å². The summed E-state index contributed by atoms with van der Waals surface area (Å²) in [5.41, 5.74) is 5.87. The predicted molar refractivity (Wildman–Crippen MR) is 112 cm³/mol. The van der Waals surface area contributed by atoms with Crippen LogP contribution in [0.4, 0.5) is 10.8 Å². The van der Waals surface area contributed by atoms with Gasteiger partial charge in [0, 0.05) is 30.8 Å². The standard InChI is InChI=1S/C21H27N3S/c1-5-7-9-17-10-11-19(16(3)14-17)23-21-24-20(15-25-21)18(8-6-2)12-13-22-4/h6,8,10-11,13-15H,2,5,7,9,12H2,1,3-4H3,(H,23,24)/b18-8+,22-13?. The number of thiazole rings is 1. The predicted octanol–water partition coefficient (Wildman–Crippen LogP) is 6.20. The summed E-state index contributed by atoms with van der Waals surface area (Å²) < 4.78 is 0. The molecule has 1 aromatic heterocycles. The van der Waals surface area contributed by atoms with Crippen molar-refractivity contribution in [3.05, 3.63) is 59.1 Å². The van der Waals surface area contributed by atoms with Gasteiger partial charge in [0.1, 0.15) is 0 Å². The molecular weight excluding hydrogens is 326 g/mol. The van der Waals surface area contributed by atoms with E-state index in [-0.39, 0.29) is 0 Å². The Morgan fingerprint density at radius 2 is 2.24 bits per heavy atom. The molecule has 3 nitrogen and oxygen atoms in total. The molecule has 132 valence electrons. The molecule has 0 amide bonds. The Hall–Kier alpha value is -2.20. The summed E-state index contributed by atoms with van der Waals surface area (Å²) in [5.74, 6) is 0. The second kappa shape index (κ2) is 9.94. The number of unbranched alkanes of at least 4 members (excludes halogenated alkanes) is 1. The second-order valence-corrected chi connectivity index (χ2v) is 6.85. The van der Waals surface area contributed by atoms with Crippen LogP contribution in [0.2, 0.25) is 0 Å². The van der Waals surface area contributed by atoms with E-state index in [0.717, 1.165) is 34.9 Å². The highest BCUT2D eigenvalue weighted by Crippen LogP contribution is 2.28. The van der Waals surface area contributed by atoms with Gasteiger partial charge in [0.15, 0.2) is 5.13 Å². The molecule has 0 fully saturated rings. The minimum atomic E-state index is 0.761. The van der Waals surface area contributed by atoms with Crippen molar-refractivity contribution in [3.63, 3.8) is 0 Å². The minimum Gasteiger partial charge on any atom is -0.331 e. The van der Waals surface area contributed by atoms with Crippen LogP contribution in [0.25, 0.3) is 5.57 Å². The van der Waals surface area contributed by atoms with E-state index in [4.69, 9.17) is 4.98 Å². The molecule has 1 N–H and O–H groups in total. The Morgan fingerprint density at radius 3 is 2.92 bits per heavy atom. The summed E-state index contributed by atoms with van der Waals surface area (Å²) in [4.78, 5) is 8.78. The molecule has 0 aliphatic rings. The molecule has 0 unspecified atom stereocenters. The molecule has 1 aromatic carbocycles. The van der Waals surface area contributed by atoms with Crippen LogP contribution in [0, 0.1) is 6.92 Å². The maximum absolute atomic E-state index is 4.72. The maximum Gasteiger partial charge on any atom is 0.187 e. The van der Waals surface area contributed by atoms with Gasteiger partial charge in [0.25, 0.3) is 0 Å². The highest BCUT2D eigenvalue weighted by atomic mass is 32.1. The Balaban J connectivity index is 2.12. The van der Waals surface area contributed by atoms with Crippen LogP contribution in [-0.4, -0.2) is 18.2 Å². The molecule has 25 heavy (non-hydrogen) atoms. The summed E-state index contributed by atoms with van der Waals surface area (Å²) in [6, 6.07) is 6.64. The number of hydrogen-bond acceptors (Lipinski definition) is 4. The van der Waals surface area contributed by atoms with E-state index in [1.807, 2.05) is 12.3 Å². The van der Waals surface area contributed by atoms with Crippen LogP contribution in [0.3, 0.4) is 0 Å². The number of nitrogens with one attached hydrogen (secondary N) is 1. The van der Waals surface area contributed by atoms with Crippen molar-refractivity contribution in [2.45, 2.75) is 39.5 Å². The van der Waals surface area contributed by atoms with E-state index in [2.05, 4.69) is 54.3 Å². The summed E-state index contributed by atoms with van der Waals surface area (Å²) in [7, 11) is 1.78. The fourth-order valence-electron chi connectivity index (χ4n) is 2.59. The fourth-order valence-corrected chi connectivity index (χ4v) is 3.33. The van der Waals surface area contributed by atoms with Crippen LogP contribution >= 0.6 is 11.3 Å². The molecule has 0 aliphatic carbocycles. The Bertz CT molecular complexity index is 756. The summed E-state index contributed by atoms with van der Waals surface area (Å²) in [6.07, 6.45) is 10.1. The number of benzene rings is 1. The first kappa shape index (κ1) is 19.1. The van der Waals surface area contributed by atoms with Crippen molar-refractivity contribution < 1.29 is 0 Å². The lowest BCUT2D eigenvalue weighted by Crippen LogP contribution is -1.95. The number of anilines is 2. The van der Waals surface area contributed by atoms with Gasteiger partial charge in [-0.25, -0.2) is 4.98 Å². The van der Waals surface area contributed by atoms with E-state index < -0.39 is 0 Å². The molecule has 0 spiro atoms. The molecule has 0 saturated heterocycles. The van der Waals surface area contributed by atoms with Gasteiger partial charge in [-0.1, -0.05) is 44.2 Å². The van der Waals surface area contributed by atoms with Crippen molar-refractivity contribution in [1.82, 2.24) is 4.98 Å². The van der Waals surface area contributed by atoms with Crippen molar-refractivity contribution in [3.8, 4) is 0 Å². The fraction of sp³-hybridized carbons (Fsp3) is 0.333. The van der Waals surface area contributed by atoms with E-state index in [1.54, 1.807) is 24.5 Å². The molecular formula is C21H27N3S. The number of aryl methyl sites for hydroxylation is 2. The number of aromatic nitrogens is 1. The summed E-state index contributed by atoms with van der Waals surface area (Å²) >= 11 is 1.62. The van der Waals surface area contributed by atoms with Gasteiger partial charge < -0.3 is 10.3 Å². The van der Waals surface area contributed by atoms with E-state index in [1.165, 1.54) is 24.0 Å². The molecule has 2 aromatic rings. The number of hydrogen-bond donors (Lipinski definition) is 1. The topological polar surface area (TPSA) is 37.3 Å². The van der Waals surface area contributed by atoms with Crippen molar-refractivity contribution in [1.29, 1.82) is 0 Å². The molecule has 0 radical (unpaired) electrons. The lowest BCUT2D eigenvalue weighted by molar-refractivity contribution is 0.794. The zero-order valence-corrected chi connectivity index (χ0v) is 16.2. The van der Waals surface area contributed by atoms with E-state index in [0.29, 0.717) is 0 Å². The maximum atomic E-state index is 4.72. The van der Waals surface area contributed by atoms with Crippen LogP contribution < -0.4 is 5.32 Å². The third-order valence-electron chi connectivity index (χ3n) is 4.00. The first-order valence-corrected chi connectivity index (χ1v) is 9.60. The van der Waals surface area contributed by atoms with Crippen molar-refractivity contribution in [2.75, 3.05) is 12.4 Å². The van der Waals surface area contributed by atoms with Crippen molar-refractivity contribution in [2.24, 2.45) is 4.99 Å². The Kier molecular flexibility index (Phi) is 7.61. The number of nitrogens with zero attached hydrogens (tertiary/aromatic N) is 2. The van der Waals surface area contributed by atoms with Crippen molar-refractivity contribution >= 4 is 33.9 Å². The molecule has 0 saturated carbocycles. The molecule has 1 heterocycles. The average molecular weight is 354 g/mol. The first-order valence-electron chi connectivity index (χ1n) is 8.72. The quantitative estimate of drug-likeness (QED) is 0.430. The molecule has 0 atom stereocenters. The van der Waals surface area contributed by atoms with E-state index in [9.17, 15) is 0 Å². The Morgan fingerprint density at radius 1 is 1.40 bits per heavy atom. The van der Waals surface area contributed by atoms with E-state index >= 15 is 0 Å². The smallest absolute Gasteiger partial charge is 0.187 e. The zero-order chi connectivity index (χ0) is 18.1. The average Bonchev–Trinajstić information content (AvgIpc) is 3.07.